The van der Waals surface area contributed by atoms with Gasteiger partial charge in [-0.2, -0.15) is 5.10 Å². The van der Waals surface area contributed by atoms with Crippen molar-refractivity contribution >= 4 is 0 Å². The average molecular weight is 179 g/mol. The van der Waals surface area contributed by atoms with Gasteiger partial charge in [-0.15, -0.1) is 0 Å². The first-order chi connectivity index (χ1) is 6.40. The summed E-state index contributed by atoms with van der Waals surface area (Å²) in [6.45, 7) is 4.24. The Balaban J connectivity index is 1.89. The zero-order valence-electron chi connectivity index (χ0n) is 8.11. The molecule has 0 aliphatic heterocycles. The van der Waals surface area contributed by atoms with E-state index in [4.69, 9.17) is 0 Å². The molecular formula is C10H17N3. The van der Waals surface area contributed by atoms with Crippen LogP contribution in [0.2, 0.25) is 0 Å². The maximum Gasteiger partial charge on any atom is 0.0565 e. The minimum Gasteiger partial charge on any atom is -0.312 e. The summed E-state index contributed by atoms with van der Waals surface area (Å²) in [5.41, 5.74) is 0. The van der Waals surface area contributed by atoms with Crippen LogP contribution in [0.15, 0.2) is 18.5 Å². The van der Waals surface area contributed by atoms with Crippen LogP contribution in [-0.2, 0) is 6.54 Å². The summed E-state index contributed by atoms with van der Waals surface area (Å²) in [6.07, 6.45) is 6.65. The van der Waals surface area contributed by atoms with E-state index in [1.807, 2.05) is 23.1 Å². The van der Waals surface area contributed by atoms with Crippen molar-refractivity contribution in [1.82, 2.24) is 15.1 Å². The molecule has 1 unspecified atom stereocenters. The second kappa shape index (κ2) is 3.92. The molecule has 0 spiro atoms. The highest BCUT2D eigenvalue weighted by Crippen LogP contribution is 2.33. The summed E-state index contributed by atoms with van der Waals surface area (Å²) in [6, 6.07) is 2.61. The monoisotopic (exact) mass is 179 g/mol. The SMILES string of the molecule is CCNC(Cn1cccn1)C1CC1. The van der Waals surface area contributed by atoms with E-state index in [1.165, 1.54) is 12.8 Å². The minimum atomic E-state index is 0.630. The molecule has 1 N–H and O–H groups in total. The van der Waals surface area contributed by atoms with Gasteiger partial charge in [0.15, 0.2) is 0 Å². The van der Waals surface area contributed by atoms with E-state index in [9.17, 15) is 0 Å². The molecule has 0 aromatic carbocycles. The van der Waals surface area contributed by atoms with Crippen molar-refractivity contribution < 1.29 is 0 Å². The van der Waals surface area contributed by atoms with E-state index >= 15 is 0 Å². The maximum absolute atomic E-state index is 4.23. The molecule has 0 bridgehead atoms. The second-order valence-corrected chi connectivity index (χ2v) is 3.73. The van der Waals surface area contributed by atoms with Crippen molar-refractivity contribution in [3.8, 4) is 0 Å². The molecule has 1 aromatic rings. The predicted molar refractivity (Wildman–Crippen MR) is 52.4 cm³/mol. The fourth-order valence-electron chi connectivity index (χ4n) is 1.75. The molecule has 0 saturated heterocycles. The Labute approximate surface area is 79.1 Å². The minimum absolute atomic E-state index is 0.630. The van der Waals surface area contributed by atoms with Gasteiger partial charge in [0.1, 0.15) is 0 Å². The molecule has 1 saturated carbocycles. The Bertz CT molecular complexity index is 239. The summed E-state index contributed by atoms with van der Waals surface area (Å²) in [5, 5.41) is 7.75. The summed E-state index contributed by atoms with van der Waals surface area (Å²) in [4.78, 5) is 0. The van der Waals surface area contributed by atoms with Crippen molar-refractivity contribution in [2.24, 2.45) is 5.92 Å². The van der Waals surface area contributed by atoms with Crippen LogP contribution in [0.1, 0.15) is 19.8 Å². The smallest absolute Gasteiger partial charge is 0.0565 e. The Morgan fingerprint density at radius 1 is 1.62 bits per heavy atom. The van der Waals surface area contributed by atoms with Crippen molar-refractivity contribution in [3.63, 3.8) is 0 Å². The van der Waals surface area contributed by atoms with Crippen molar-refractivity contribution in [3.05, 3.63) is 18.5 Å². The third-order valence-electron chi connectivity index (χ3n) is 2.60. The van der Waals surface area contributed by atoms with Gasteiger partial charge >= 0.3 is 0 Å². The van der Waals surface area contributed by atoms with E-state index in [0.29, 0.717) is 6.04 Å². The number of hydrogen-bond acceptors (Lipinski definition) is 2. The molecule has 1 fully saturated rings. The van der Waals surface area contributed by atoms with Crippen molar-refractivity contribution in [1.29, 1.82) is 0 Å². The summed E-state index contributed by atoms with van der Waals surface area (Å²) >= 11 is 0. The van der Waals surface area contributed by atoms with Crippen LogP contribution in [0.5, 0.6) is 0 Å². The van der Waals surface area contributed by atoms with Gasteiger partial charge in [0.05, 0.1) is 6.54 Å². The molecule has 0 radical (unpaired) electrons. The number of rotatable bonds is 5. The molecule has 3 heteroatoms. The van der Waals surface area contributed by atoms with E-state index < -0.39 is 0 Å². The quantitative estimate of drug-likeness (QED) is 0.737. The first kappa shape index (κ1) is 8.75. The van der Waals surface area contributed by atoms with Crippen LogP contribution >= 0.6 is 0 Å². The van der Waals surface area contributed by atoms with Gasteiger partial charge in [-0.25, -0.2) is 0 Å². The Morgan fingerprint density at radius 3 is 3.00 bits per heavy atom. The summed E-state index contributed by atoms with van der Waals surface area (Å²) in [7, 11) is 0. The lowest BCUT2D eigenvalue weighted by Gasteiger charge is -2.16. The van der Waals surface area contributed by atoms with Crippen molar-refractivity contribution in [2.45, 2.75) is 32.4 Å². The fourth-order valence-corrected chi connectivity index (χ4v) is 1.75. The molecule has 1 aliphatic carbocycles. The van der Waals surface area contributed by atoms with E-state index in [2.05, 4.69) is 17.3 Å². The number of likely N-dealkylation sites (N-methyl/N-ethyl adjacent to an activating group) is 1. The average Bonchev–Trinajstić information content (AvgIpc) is 2.85. The largest absolute Gasteiger partial charge is 0.312 e. The van der Waals surface area contributed by atoms with Gasteiger partial charge in [-0.05, 0) is 31.4 Å². The lowest BCUT2D eigenvalue weighted by Crippen LogP contribution is -2.35. The van der Waals surface area contributed by atoms with Crippen LogP contribution in [0, 0.1) is 5.92 Å². The third-order valence-corrected chi connectivity index (χ3v) is 2.60. The van der Waals surface area contributed by atoms with Crippen LogP contribution in [0.3, 0.4) is 0 Å². The standard InChI is InChI=1S/C10H17N3/c1-2-11-10(9-4-5-9)8-13-7-3-6-12-13/h3,6-7,9-11H,2,4-5,8H2,1H3. The molecule has 13 heavy (non-hydrogen) atoms. The molecule has 1 atom stereocenters. The Kier molecular flexibility index (Phi) is 2.64. The fraction of sp³-hybridized carbons (Fsp3) is 0.700. The number of nitrogens with zero attached hydrogens (tertiary/aromatic N) is 2. The molecule has 1 aromatic heterocycles. The molecule has 3 nitrogen and oxygen atoms in total. The van der Waals surface area contributed by atoms with Gasteiger partial charge in [0.2, 0.25) is 0 Å². The summed E-state index contributed by atoms with van der Waals surface area (Å²) in [5.74, 6) is 0.893. The summed E-state index contributed by atoms with van der Waals surface area (Å²) < 4.78 is 2.02. The first-order valence-corrected chi connectivity index (χ1v) is 5.11. The number of hydrogen-bond donors (Lipinski definition) is 1. The molecule has 72 valence electrons. The highest BCUT2D eigenvalue weighted by Gasteiger charge is 2.30. The van der Waals surface area contributed by atoms with Gasteiger partial charge < -0.3 is 5.32 Å². The normalized spacial score (nSPS) is 18.8. The second-order valence-electron chi connectivity index (χ2n) is 3.73. The Hall–Kier alpha value is -0.830. The van der Waals surface area contributed by atoms with E-state index in [1.54, 1.807) is 0 Å². The zero-order chi connectivity index (χ0) is 9.10. The molecule has 2 rings (SSSR count). The topological polar surface area (TPSA) is 29.9 Å². The molecule has 1 heterocycles. The molecule has 1 aliphatic rings. The molecular weight excluding hydrogens is 162 g/mol. The zero-order valence-corrected chi connectivity index (χ0v) is 8.11. The lowest BCUT2D eigenvalue weighted by atomic mass is 10.2. The number of nitrogens with one attached hydrogen (secondary N) is 1. The van der Waals surface area contributed by atoms with Crippen molar-refractivity contribution in [2.75, 3.05) is 6.54 Å². The number of aromatic nitrogens is 2. The van der Waals surface area contributed by atoms with E-state index in [0.717, 1.165) is 19.0 Å². The maximum atomic E-state index is 4.23. The predicted octanol–water partition coefficient (Wildman–Crippen LogP) is 1.27. The van der Waals surface area contributed by atoms with Gasteiger partial charge in [0, 0.05) is 18.4 Å². The Morgan fingerprint density at radius 2 is 2.46 bits per heavy atom. The van der Waals surface area contributed by atoms with Gasteiger partial charge in [0.25, 0.3) is 0 Å². The third kappa shape index (κ3) is 2.31. The van der Waals surface area contributed by atoms with Gasteiger partial charge in [-0.3, -0.25) is 4.68 Å². The van der Waals surface area contributed by atoms with Crippen LogP contribution < -0.4 is 5.32 Å². The highest BCUT2D eigenvalue weighted by molar-refractivity contribution is 4.87. The highest BCUT2D eigenvalue weighted by atomic mass is 15.3. The van der Waals surface area contributed by atoms with Gasteiger partial charge in [-0.1, -0.05) is 6.92 Å². The lowest BCUT2D eigenvalue weighted by molar-refractivity contribution is 0.397. The van der Waals surface area contributed by atoms with Crippen LogP contribution in [0.25, 0.3) is 0 Å². The first-order valence-electron chi connectivity index (χ1n) is 5.11. The van der Waals surface area contributed by atoms with Crippen LogP contribution in [-0.4, -0.2) is 22.4 Å². The van der Waals surface area contributed by atoms with E-state index in [-0.39, 0.29) is 0 Å². The van der Waals surface area contributed by atoms with Crippen LogP contribution in [0.4, 0.5) is 0 Å². The molecule has 0 amide bonds.